The van der Waals surface area contributed by atoms with Crippen LogP contribution in [0.5, 0.6) is 5.75 Å². The highest BCUT2D eigenvalue weighted by atomic mass is 127. The number of alkyl halides is 1. The molecule has 1 aliphatic heterocycles. The van der Waals surface area contributed by atoms with Gasteiger partial charge in [-0.2, -0.15) is 8.42 Å². The molecule has 6 atom stereocenters. The molecule has 2 saturated carbocycles. The number of ether oxygens (including phenoxy) is 1. The highest BCUT2D eigenvalue weighted by molar-refractivity contribution is 14.1. The number of hydrogen-bond donors (Lipinski definition) is 0. The summed E-state index contributed by atoms with van der Waals surface area (Å²) in [5.41, 5.74) is 1.17. The predicted molar refractivity (Wildman–Crippen MR) is 96.3 cm³/mol. The first kappa shape index (κ1) is 16.1. The van der Waals surface area contributed by atoms with Crippen LogP contribution in [0.1, 0.15) is 42.1 Å². The van der Waals surface area contributed by atoms with E-state index in [1.165, 1.54) is 5.56 Å². The molecular weight excluding hydrogens is 427 g/mol. The van der Waals surface area contributed by atoms with Gasteiger partial charge < -0.3 is 8.92 Å². The minimum atomic E-state index is -3.55. The van der Waals surface area contributed by atoms with E-state index in [0.29, 0.717) is 40.1 Å². The van der Waals surface area contributed by atoms with Crippen molar-refractivity contribution in [2.75, 3.05) is 0 Å². The molecule has 3 fully saturated rings. The molecule has 0 bridgehead atoms. The van der Waals surface area contributed by atoms with Crippen LogP contribution in [-0.4, -0.2) is 25.9 Å². The van der Waals surface area contributed by atoms with Crippen LogP contribution in [0.25, 0.3) is 0 Å². The van der Waals surface area contributed by atoms with Crippen molar-refractivity contribution in [1.82, 2.24) is 0 Å². The Morgan fingerprint density at radius 1 is 1.22 bits per heavy atom. The Kier molecular flexibility index (Phi) is 4.13. The molecule has 1 aromatic carbocycles. The molecule has 23 heavy (non-hydrogen) atoms. The van der Waals surface area contributed by atoms with E-state index in [0.717, 1.165) is 19.3 Å². The van der Waals surface area contributed by atoms with E-state index in [9.17, 15) is 8.42 Å². The highest BCUT2D eigenvalue weighted by Crippen LogP contribution is 2.53. The minimum absolute atomic E-state index is 0.371. The summed E-state index contributed by atoms with van der Waals surface area (Å²) < 4.78 is 36.6. The quantitative estimate of drug-likeness (QED) is 0.304. The first-order chi connectivity index (χ1) is 10.9. The zero-order chi connectivity index (χ0) is 16.2. The van der Waals surface area contributed by atoms with Crippen molar-refractivity contribution >= 4 is 32.7 Å². The summed E-state index contributed by atoms with van der Waals surface area (Å²) >= 11 is 2.33. The molecule has 0 radical (unpaired) electrons. The van der Waals surface area contributed by atoms with Crippen LogP contribution in [0, 0.1) is 11.8 Å². The van der Waals surface area contributed by atoms with Crippen LogP contribution in [0.3, 0.4) is 0 Å². The Morgan fingerprint density at radius 2 is 1.96 bits per heavy atom. The van der Waals surface area contributed by atoms with E-state index < -0.39 is 10.1 Å². The molecular formula is C17H21IO4S. The fraction of sp³-hybridized carbons (Fsp3) is 0.647. The maximum Gasteiger partial charge on any atom is 0.312 e. The third kappa shape index (κ3) is 3.14. The molecule has 0 aromatic heterocycles. The molecule has 1 saturated heterocycles. The van der Waals surface area contributed by atoms with Gasteiger partial charge in [-0.15, -0.1) is 0 Å². The zero-order valence-electron chi connectivity index (χ0n) is 13.0. The van der Waals surface area contributed by atoms with E-state index in [-0.39, 0.29) is 5.25 Å². The maximum atomic E-state index is 12.6. The number of epoxide rings is 1. The molecule has 2 aliphatic carbocycles. The largest absolute Gasteiger partial charge is 0.382 e. The third-order valence-corrected chi connectivity index (χ3v) is 7.92. The molecule has 126 valence electrons. The standard InChI is InChI=1S/C17H21IO4S/c1-10(18)11-2-4-13(5-3-11)22-23(19,20)14-6-7-15-12(8-14)9-16-17(15)21-16/h2-5,10,12,14-17H,6-9H2,1H3. The Morgan fingerprint density at radius 3 is 2.65 bits per heavy atom. The van der Waals surface area contributed by atoms with Gasteiger partial charge in [0.05, 0.1) is 17.5 Å². The lowest BCUT2D eigenvalue weighted by Crippen LogP contribution is -2.35. The first-order valence-electron chi connectivity index (χ1n) is 8.27. The number of hydrogen-bond acceptors (Lipinski definition) is 4. The summed E-state index contributed by atoms with van der Waals surface area (Å²) in [6.07, 6.45) is 4.24. The van der Waals surface area contributed by atoms with E-state index >= 15 is 0 Å². The number of halogens is 1. The molecule has 0 spiro atoms. The smallest absolute Gasteiger partial charge is 0.312 e. The van der Waals surface area contributed by atoms with Gasteiger partial charge in [-0.1, -0.05) is 34.7 Å². The first-order valence-corrected chi connectivity index (χ1v) is 11.0. The van der Waals surface area contributed by atoms with E-state index in [4.69, 9.17) is 8.92 Å². The second kappa shape index (κ2) is 5.88. The van der Waals surface area contributed by atoms with Crippen molar-refractivity contribution in [2.24, 2.45) is 11.8 Å². The van der Waals surface area contributed by atoms with Crippen LogP contribution in [0.15, 0.2) is 24.3 Å². The fourth-order valence-electron chi connectivity index (χ4n) is 4.22. The van der Waals surface area contributed by atoms with Gasteiger partial charge in [0.15, 0.2) is 0 Å². The summed E-state index contributed by atoms with van der Waals surface area (Å²) in [5, 5.41) is -0.371. The third-order valence-electron chi connectivity index (χ3n) is 5.53. The molecule has 0 N–H and O–H groups in total. The Bertz CT molecular complexity index is 685. The maximum absolute atomic E-state index is 12.6. The fourth-order valence-corrected chi connectivity index (χ4v) is 6.06. The van der Waals surface area contributed by atoms with Gasteiger partial charge in [0.1, 0.15) is 5.75 Å². The van der Waals surface area contributed by atoms with Crippen LogP contribution < -0.4 is 4.18 Å². The van der Waals surface area contributed by atoms with E-state index in [2.05, 4.69) is 29.5 Å². The SMILES string of the molecule is CC(I)c1ccc(OS(=O)(=O)C2CCC3C(CC4OC43)C2)cc1. The van der Waals surface area contributed by atoms with Crippen LogP contribution in [0.2, 0.25) is 0 Å². The molecule has 3 aliphatic rings. The monoisotopic (exact) mass is 448 g/mol. The lowest BCUT2D eigenvalue weighted by Gasteiger charge is -2.32. The lowest BCUT2D eigenvalue weighted by atomic mass is 9.81. The van der Waals surface area contributed by atoms with Crippen LogP contribution in [-0.2, 0) is 14.9 Å². The summed E-state index contributed by atoms with van der Waals surface area (Å²) in [6, 6.07) is 7.37. The van der Waals surface area contributed by atoms with Gasteiger partial charge in [0.25, 0.3) is 0 Å². The normalized spacial score (nSPS) is 36.9. The Balaban J connectivity index is 1.43. The van der Waals surface area contributed by atoms with Gasteiger partial charge in [-0.05, 0) is 62.1 Å². The zero-order valence-corrected chi connectivity index (χ0v) is 16.0. The van der Waals surface area contributed by atoms with Crippen molar-refractivity contribution < 1.29 is 17.3 Å². The molecule has 1 aromatic rings. The van der Waals surface area contributed by atoms with Crippen molar-refractivity contribution in [3.05, 3.63) is 29.8 Å². The Hall–Kier alpha value is -0.340. The van der Waals surface area contributed by atoms with Gasteiger partial charge in [-0.25, -0.2) is 0 Å². The second-order valence-corrected chi connectivity index (χ2v) is 10.7. The predicted octanol–water partition coefficient (Wildman–Crippen LogP) is 3.85. The van der Waals surface area contributed by atoms with Gasteiger partial charge >= 0.3 is 10.1 Å². The Labute approximate surface area is 151 Å². The lowest BCUT2D eigenvalue weighted by molar-refractivity contribution is 0.157. The summed E-state index contributed by atoms with van der Waals surface area (Å²) in [4.78, 5) is 0. The number of fused-ring (bicyclic) bond motifs is 3. The molecule has 4 rings (SSSR count). The van der Waals surface area contributed by atoms with Crippen molar-refractivity contribution in [3.8, 4) is 5.75 Å². The molecule has 6 heteroatoms. The second-order valence-electron chi connectivity index (χ2n) is 7.00. The number of rotatable bonds is 4. The number of benzene rings is 1. The minimum Gasteiger partial charge on any atom is -0.382 e. The topological polar surface area (TPSA) is 55.9 Å². The van der Waals surface area contributed by atoms with Crippen LogP contribution >= 0.6 is 22.6 Å². The molecule has 1 heterocycles. The average Bonchev–Trinajstić information content (AvgIpc) is 3.18. The van der Waals surface area contributed by atoms with Gasteiger partial charge in [-0.3, -0.25) is 0 Å². The van der Waals surface area contributed by atoms with E-state index in [1.807, 2.05) is 12.1 Å². The van der Waals surface area contributed by atoms with E-state index in [1.54, 1.807) is 12.1 Å². The van der Waals surface area contributed by atoms with Crippen molar-refractivity contribution in [2.45, 2.75) is 54.0 Å². The molecule has 0 amide bonds. The van der Waals surface area contributed by atoms with Crippen molar-refractivity contribution in [1.29, 1.82) is 0 Å². The molecule has 4 nitrogen and oxygen atoms in total. The van der Waals surface area contributed by atoms with Gasteiger partial charge in [0, 0.05) is 3.92 Å². The summed E-state index contributed by atoms with van der Waals surface area (Å²) in [5.74, 6) is 1.50. The van der Waals surface area contributed by atoms with Gasteiger partial charge in [0.2, 0.25) is 0 Å². The summed E-state index contributed by atoms with van der Waals surface area (Å²) in [7, 11) is -3.55. The highest BCUT2D eigenvalue weighted by Gasteiger charge is 2.57. The molecule has 6 unspecified atom stereocenters. The van der Waals surface area contributed by atoms with Crippen LogP contribution in [0.4, 0.5) is 0 Å². The van der Waals surface area contributed by atoms with Crippen molar-refractivity contribution in [3.63, 3.8) is 0 Å². The average molecular weight is 448 g/mol. The summed E-state index contributed by atoms with van der Waals surface area (Å²) in [6.45, 7) is 2.10.